The van der Waals surface area contributed by atoms with Gasteiger partial charge in [0.2, 0.25) is 0 Å². The Morgan fingerprint density at radius 2 is 1.96 bits per heavy atom. The molecule has 1 atom stereocenters. The van der Waals surface area contributed by atoms with Crippen LogP contribution in [0.4, 0.5) is 11.4 Å². The third-order valence-corrected chi connectivity index (χ3v) is 4.52. The van der Waals surface area contributed by atoms with Crippen LogP contribution in [0.5, 0.6) is 0 Å². The van der Waals surface area contributed by atoms with Crippen LogP contribution in [-0.4, -0.2) is 29.2 Å². The number of hydrogen-bond acceptors (Lipinski definition) is 6. The van der Waals surface area contributed by atoms with Gasteiger partial charge in [-0.15, -0.1) is 11.8 Å². The number of halogens is 1. The molecule has 136 valence electrons. The molecule has 0 saturated carbocycles. The van der Waals surface area contributed by atoms with Crippen molar-refractivity contribution in [2.24, 2.45) is 0 Å². The average molecular weight is 395 g/mol. The van der Waals surface area contributed by atoms with Gasteiger partial charge in [0.05, 0.1) is 21.2 Å². The number of carbonyl (C=O) groups excluding carboxylic acids is 2. The SMILES string of the molecule is CSc1ccccc1C(=O)O[C@@H](C)C(=O)Nc1cc([N+](=O)[O-])ccc1Cl. The van der Waals surface area contributed by atoms with Crippen LogP contribution >= 0.6 is 23.4 Å². The predicted molar refractivity (Wildman–Crippen MR) is 99.8 cm³/mol. The largest absolute Gasteiger partial charge is 0.449 e. The first-order valence-electron chi connectivity index (χ1n) is 7.42. The predicted octanol–water partition coefficient (Wildman–Crippen LogP) is 4.15. The molecule has 9 heteroatoms. The molecule has 0 saturated heterocycles. The summed E-state index contributed by atoms with van der Waals surface area (Å²) in [5.74, 6) is -1.29. The van der Waals surface area contributed by atoms with E-state index in [1.54, 1.807) is 24.3 Å². The second-order valence-electron chi connectivity index (χ2n) is 5.16. The van der Waals surface area contributed by atoms with E-state index in [1.165, 1.54) is 30.8 Å². The number of benzene rings is 2. The van der Waals surface area contributed by atoms with Crippen molar-refractivity contribution in [3.63, 3.8) is 0 Å². The molecule has 0 fully saturated rings. The summed E-state index contributed by atoms with van der Waals surface area (Å²) in [6, 6.07) is 10.5. The lowest BCUT2D eigenvalue weighted by Crippen LogP contribution is -2.30. The van der Waals surface area contributed by atoms with Crippen molar-refractivity contribution in [2.75, 3.05) is 11.6 Å². The summed E-state index contributed by atoms with van der Waals surface area (Å²) in [7, 11) is 0. The van der Waals surface area contributed by atoms with Crippen molar-refractivity contribution < 1.29 is 19.2 Å². The van der Waals surface area contributed by atoms with E-state index in [0.29, 0.717) is 5.56 Å². The molecule has 0 unspecified atom stereocenters. The molecule has 7 nitrogen and oxygen atoms in total. The van der Waals surface area contributed by atoms with Gasteiger partial charge in [0, 0.05) is 17.0 Å². The number of nitro groups is 1. The van der Waals surface area contributed by atoms with E-state index in [-0.39, 0.29) is 16.4 Å². The van der Waals surface area contributed by atoms with Gasteiger partial charge in [-0.25, -0.2) is 4.79 Å². The number of ether oxygens (including phenoxy) is 1. The number of nitrogens with one attached hydrogen (secondary N) is 1. The smallest absolute Gasteiger partial charge is 0.340 e. The van der Waals surface area contributed by atoms with Gasteiger partial charge in [0.1, 0.15) is 0 Å². The molecule has 26 heavy (non-hydrogen) atoms. The summed E-state index contributed by atoms with van der Waals surface area (Å²) in [4.78, 5) is 35.5. The maximum atomic E-state index is 12.3. The van der Waals surface area contributed by atoms with Crippen molar-refractivity contribution in [1.82, 2.24) is 0 Å². The normalized spacial score (nSPS) is 11.5. The Morgan fingerprint density at radius 3 is 2.62 bits per heavy atom. The van der Waals surface area contributed by atoms with E-state index < -0.39 is 22.9 Å². The van der Waals surface area contributed by atoms with E-state index >= 15 is 0 Å². The first kappa shape index (κ1) is 19.7. The second-order valence-corrected chi connectivity index (χ2v) is 6.41. The first-order valence-corrected chi connectivity index (χ1v) is 9.02. The highest BCUT2D eigenvalue weighted by Crippen LogP contribution is 2.27. The van der Waals surface area contributed by atoms with Crippen LogP contribution in [0, 0.1) is 10.1 Å². The first-order chi connectivity index (χ1) is 12.3. The minimum absolute atomic E-state index is 0.0679. The summed E-state index contributed by atoms with van der Waals surface area (Å²) in [5.41, 5.74) is 0.203. The average Bonchev–Trinajstić information content (AvgIpc) is 2.62. The quantitative estimate of drug-likeness (QED) is 0.342. The van der Waals surface area contributed by atoms with Gasteiger partial charge in [-0.05, 0) is 31.4 Å². The van der Waals surface area contributed by atoms with Crippen molar-refractivity contribution in [1.29, 1.82) is 0 Å². The van der Waals surface area contributed by atoms with Gasteiger partial charge in [0.15, 0.2) is 6.10 Å². The highest BCUT2D eigenvalue weighted by atomic mass is 35.5. The Balaban J connectivity index is 2.09. The van der Waals surface area contributed by atoms with Crippen molar-refractivity contribution in [3.8, 4) is 0 Å². The molecule has 0 aliphatic rings. The molecular weight excluding hydrogens is 380 g/mol. The second kappa shape index (κ2) is 8.68. The van der Waals surface area contributed by atoms with E-state index in [2.05, 4.69) is 5.32 Å². The zero-order valence-corrected chi connectivity index (χ0v) is 15.5. The molecule has 2 rings (SSSR count). The number of nitro benzene ring substituents is 1. The summed E-state index contributed by atoms with van der Waals surface area (Å²) in [6.45, 7) is 1.40. The topological polar surface area (TPSA) is 98.5 Å². The molecule has 0 bridgehead atoms. The fraction of sp³-hybridized carbons (Fsp3) is 0.176. The Morgan fingerprint density at radius 1 is 1.27 bits per heavy atom. The Hall–Kier alpha value is -2.58. The Labute approximate surface area is 158 Å². The number of carbonyl (C=O) groups is 2. The van der Waals surface area contributed by atoms with Crippen LogP contribution in [0.2, 0.25) is 5.02 Å². The van der Waals surface area contributed by atoms with Crippen LogP contribution in [0.15, 0.2) is 47.4 Å². The number of non-ortho nitro benzene ring substituents is 1. The monoisotopic (exact) mass is 394 g/mol. The van der Waals surface area contributed by atoms with Crippen LogP contribution in [0.1, 0.15) is 17.3 Å². The molecule has 2 aromatic carbocycles. The third kappa shape index (κ3) is 4.74. The molecule has 0 spiro atoms. The summed E-state index contributed by atoms with van der Waals surface area (Å²) in [6.07, 6.45) is 0.708. The van der Waals surface area contributed by atoms with Crippen LogP contribution in [0.25, 0.3) is 0 Å². The molecule has 0 aliphatic carbocycles. The Kier molecular flexibility index (Phi) is 6.59. The number of thioether (sulfide) groups is 1. The molecule has 1 amide bonds. The minimum Gasteiger partial charge on any atom is -0.449 e. The number of rotatable bonds is 6. The zero-order valence-electron chi connectivity index (χ0n) is 13.9. The maximum absolute atomic E-state index is 12.3. The summed E-state index contributed by atoms with van der Waals surface area (Å²) < 4.78 is 5.19. The van der Waals surface area contributed by atoms with Gasteiger partial charge < -0.3 is 10.1 Å². The maximum Gasteiger partial charge on any atom is 0.340 e. The molecule has 0 aliphatic heterocycles. The van der Waals surface area contributed by atoms with Gasteiger partial charge in [0.25, 0.3) is 11.6 Å². The van der Waals surface area contributed by atoms with Crippen LogP contribution < -0.4 is 5.32 Å². The number of esters is 1. The van der Waals surface area contributed by atoms with E-state index in [4.69, 9.17) is 16.3 Å². The minimum atomic E-state index is -1.12. The van der Waals surface area contributed by atoms with E-state index in [0.717, 1.165) is 11.0 Å². The number of hydrogen-bond donors (Lipinski definition) is 1. The molecule has 0 radical (unpaired) electrons. The standard InChI is InChI=1S/C17H15ClN2O5S/c1-10(25-17(22)12-5-3-4-6-15(12)26-2)16(21)19-14-9-11(20(23)24)7-8-13(14)18/h3-10H,1-2H3,(H,19,21)/t10-/m0/s1. The molecule has 0 aromatic heterocycles. The van der Waals surface area contributed by atoms with E-state index in [1.807, 2.05) is 6.26 Å². The number of anilines is 1. The van der Waals surface area contributed by atoms with Crippen molar-refractivity contribution in [3.05, 3.63) is 63.2 Å². The zero-order chi connectivity index (χ0) is 19.3. The van der Waals surface area contributed by atoms with Gasteiger partial charge in [-0.3, -0.25) is 14.9 Å². The molecule has 1 N–H and O–H groups in total. The number of nitrogens with zero attached hydrogens (tertiary/aromatic N) is 1. The number of amides is 1. The third-order valence-electron chi connectivity index (χ3n) is 3.40. The van der Waals surface area contributed by atoms with Gasteiger partial charge in [-0.2, -0.15) is 0 Å². The van der Waals surface area contributed by atoms with Crippen molar-refractivity contribution in [2.45, 2.75) is 17.9 Å². The molecule has 0 heterocycles. The van der Waals surface area contributed by atoms with Crippen LogP contribution in [-0.2, 0) is 9.53 Å². The lowest BCUT2D eigenvalue weighted by molar-refractivity contribution is -0.384. The Bertz CT molecular complexity index is 859. The summed E-state index contributed by atoms with van der Waals surface area (Å²) in [5, 5.41) is 13.4. The molecule has 2 aromatic rings. The highest BCUT2D eigenvalue weighted by Gasteiger charge is 2.22. The lowest BCUT2D eigenvalue weighted by atomic mass is 10.2. The highest BCUT2D eigenvalue weighted by molar-refractivity contribution is 7.98. The van der Waals surface area contributed by atoms with Gasteiger partial charge >= 0.3 is 5.97 Å². The van der Waals surface area contributed by atoms with E-state index in [9.17, 15) is 19.7 Å². The lowest BCUT2D eigenvalue weighted by Gasteiger charge is -2.15. The van der Waals surface area contributed by atoms with Gasteiger partial charge in [-0.1, -0.05) is 23.7 Å². The van der Waals surface area contributed by atoms with Crippen LogP contribution in [0.3, 0.4) is 0 Å². The fourth-order valence-electron chi connectivity index (χ4n) is 2.05. The molecular formula is C17H15ClN2O5S. The van der Waals surface area contributed by atoms with Crippen molar-refractivity contribution >= 4 is 46.6 Å². The fourth-order valence-corrected chi connectivity index (χ4v) is 2.80. The summed E-state index contributed by atoms with van der Waals surface area (Å²) >= 11 is 7.33.